The molecule has 0 saturated heterocycles. The molecular weight excluding hydrogens is 433 g/mol. The summed E-state index contributed by atoms with van der Waals surface area (Å²) in [7, 11) is 0. The second kappa shape index (κ2) is 9.15. The van der Waals surface area contributed by atoms with E-state index in [0.29, 0.717) is 26.3 Å². The summed E-state index contributed by atoms with van der Waals surface area (Å²) in [5, 5.41) is 16.1. The molecule has 0 radical (unpaired) electrons. The Morgan fingerprint density at radius 2 is 1.60 bits per heavy atom. The highest BCUT2D eigenvalue weighted by Crippen LogP contribution is 2.31. The third kappa shape index (κ3) is 4.39. The minimum atomic E-state index is 0.408. The maximum atomic E-state index is 9.57. The van der Waals surface area contributed by atoms with Gasteiger partial charge in [0.1, 0.15) is 16.6 Å². The van der Waals surface area contributed by atoms with Crippen LogP contribution in [0.2, 0.25) is 10.0 Å². The lowest BCUT2D eigenvalue weighted by Crippen LogP contribution is -1.92. The van der Waals surface area contributed by atoms with Gasteiger partial charge in [0.15, 0.2) is 0 Å². The molecule has 4 rings (SSSR count). The molecule has 0 fully saturated rings. The monoisotopic (exact) mass is 447 g/mol. The highest BCUT2D eigenvalue weighted by Gasteiger charge is 2.10. The normalized spacial score (nSPS) is 11.2. The SMILES string of the molecule is N#CC(=CNc1cccc(Cl)c1Cl)c1nc(-c2ccc(-c3ccccc3)cc2)cs1. The van der Waals surface area contributed by atoms with Crippen LogP contribution in [0.5, 0.6) is 0 Å². The molecule has 6 heteroatoms. The molecule has 0 atom stereocenters. The number of benzene rings is 3. The van der Waals surface area contributed by atoms with E-state index < -0.39 is 0 Å². The Morgan fingerprint density at radius 3 is 2.33 bits per heavy atom. The summed E-state index contributed by atoms with van der Waals surface area (Å²) in [6.45, 7) is 0. The van der Waals surface area contributed by atoms with Crippen molar-refractivity contribution >= 4 is 45.8 Å². The van der Waals surface area contributed by atoms with Crippen molar-refractivity contribution in [2.75, 3.05) is 5.32 Å². The van der Waals surface area contributed by atoms with Crippen LogP contribution in [0.15, 0.2) is 84.4 Å². The quantitative estimate of drug-likeness (QED) is 0.318. The Hall–Kier alpha value is -3.10. The first-order valence-electron chi connectivity index (χ1n) is 9.08. The Balaban J connectivity index is 1.55. The summed E-state index contributed by atoms with van der Waals surface area (Å²) in [6.07, 6.45) is 1.60. The van der Waals surface area contributed by atoms with E-state index in [2.05, 4.69) is 40.6 Å². The fraction of sp³-hybridized carbons (Fsp3) is 0. The van der Waals surface area contributed by atoms with Crippen LogP contribution in [0.4, 0.5) is 5.69 Å². The van der Waals surface area contributed by atoms with E-state index in [1.54, 1.807) is 24.4 Å². The molecule has 0 aliphatic heterocycles. The Kier molecular flexibility index (Phi) is 6.15. The van der Waals surface area contributed by atoms with Crippen molar-refractivity contribution in [2.45, 2.75) is 0 Å². The van der Waals surface area contributed by atoms with E-state index in [-0.39, 0.29) is 0 Å². The zero-order chi connectivity index (χ0) is 20.9. The van der Waals surface area contributed by atoms with Gasteiger partial charge in [0.05, 0.1) is 21.4 Å². The van der Waals surface area contributed by atoms with E-state index in [1.807, 2.05) is 35.7 Å². The Morgan fingerprint density at radius 1 is 0.900 bits per heavy atom. The van der Waals surface area contributed by atoms with E-state index >= 15 is 0 Å². The fourth-order valence-corrected chi connectivity index (χ4v) is 4.05. The van der Waals surface area contributed by atoms with Gasteiger partial charge in [-0.05, 0) is 23.3 Å². The molecule has 0 amide bonds. The van der Waals surface area contributed by atoms with E-state index in [0.717, 1.165) is 16.8 Å². The number of nitrogens with zero attached hydrogens (tertiary/aromatic N) is 2. The minimum Gasteiger partial charge on any atom is -0.359 e. The molecule has 0 unspecified atom stereocenters. The third-order valence-corrected chi connectivity index (χ3v) is 6.16. The second-order valence-corrected chi connectivity index (χ2v) is 8.04. The molecule has 3 aromatic carbocycles. The van der Waals surface area contributed by atoms with Crippen LogP contribution in [-0.4, -0.2) is 4.98 Å². The van der Waals surface area contributed by atoms with Gasteiger partial charge in [0.25, 0.3) is 0 Å². The number of hydrogen-bond acceptors (Lipinski definition) is 4. The molecule has 0 bridgehead atoms. The van der Waals surface area contributed by atoms with Crippen molar-refractivity contribution in [3.05, 3.63) is 99.4 Å². The van der Waals surface area contributed by atoms with Crippen LogP contribution >= 0.6 is 34.5 Å². The van der Waals surface area contributed by atoms with Crippen molar-refractivity contribution < 1.29 is 0 Å². The summed E-state index contributed by atoms with van der Waals surface area (Å²) >= 11 is 13.6. The zero-order valence-electron chi connectivity index (χ0n) is 15.6. The van der Waals surface area contributed by atoms with Crippen LogP contribution < -0.4 is 5.32 Å². The highest BCUT2D eigenvalue weighted by atomic mass is 35.5. The Bertz CT molecular complexity index is 1240. The van der Waals surface area contributed by atoms with Gasteiger partial charge >= 0.3 is 0 Å². The number of hydrogen-bond donors (Lipinski definition) is 1. The molecule has 0 aliphatic rings. The first-order valence-corrected chi connectivity index (χ1v) is 10.7. The van der Waals surface area contributed by atoms with Gasteiger partial charge in [0.2, 0.25) is 0 Å². The first kappa shape index (κ1) is 20.2. The molecule has 1 heterocycles. The summed E-state index contributed by atoms with van der Waals surface area (Å²) in [6, 6.07) is 25.9. The summed E-state index contributed by atoms with van der Waals surface area (Å²) in [5.74, 6) is 0. The summed E-state index contributed by atoms with van der Waals surface area (Å²) < 4.78 is 0. The first-order chi connectivity index (χ1) is 14.7. The average Bonchev–Trinajstić information content (AvgIpc) is 3.28. The lowest BCUT2D eigenvalue weighted by Gasteiger charge is -2.05. The smallest absolute Gasteiger partial charge is 0.136 e. The molecular formula is C24H15Cl2N3S. The summed E-state index contributed by atoms with van der Waals surface area (Å²) in [4.78, 5) is 4.64. The molecule has 1 aromatic heterocycles. The predicted octanol–water partition coefficient (Wildman–Crippen LogP) is 7.76. The second-order valence-electron chi connectivity index (χ2n) is 6.40. The summed E-state index contributed by atoms with van der Waals surface area (Å²) in [5.41, 5.74) is 5.20. The van der Waals surface area contributed by atoms with Gasteiger partial charge in [-0.3, -0.25) is 0 Å². The van der Waals surface area contributed by atoms with Crippen LogP contribution in [-0.2, 0) is 0 Å². The van der Waals surface area contributed by atoms with Gasteiger partial charge in [-0.2, -0.15) is 5.26 Å². The molecule has 0 aliphatic carbocycles. The van der Waals surface area contributed by atoms with Gasteiger partial charge in [-0.15, -0.1) is 11.3 Å². The van der Waals surface area contributed by atoms with Crippen molar-refractivity contribution in [3.63, 3.8) is 0 Å². The number of anilines is 1. The number of allylic oxidation sites excluding steroid dienone is 1. The fourth-order valence-electron chi connectivity index (χ4n) is 2.90. The molecule has 0 spiro atoms. The van der Waals surface area contributed by atoms with E-state index in [9.17, 15) is 5.26 Å². The number of nitriles is 1. The lowest BCUT2D eigenvalue weighted by molar-refractivity contribution is 1.36. The molecule has 3 nitrogen and oxygen atoms in total. The van der Waals surface area contributed by atoms with Gasteiger partial charge < -0.3 is 5.32 Å². The number of thiazole rings is 1. The lowest BCUT2D eigenvalue weighted by atomic mass is 10.0. The van der Waals surface area contributed by atoms with E-state index in [1.165, 1.54) is 16.9 Å². The maximum Gasteiger partial charge on any atom is 0.136 e. The van der Waals surface area contributed by atoms with E-state index in [4.69, 9.17) is 23.2 Å². The third-order valence-electron chi connectivity index (χ3n) is 4.47. The molecule has 0 saturated carbocycles. The molecule has 30 heavy (non-hydrogen) atoms. The number of nitrogens with one attached hydrogen (secondary N) is 1. The topological polar surface area (TPSA) is 48.7 Å². The number of aromatic nitrogens is 1. The van der Waals surface area contributed by atoms with Crippen molar-refractivity contribution in [1.29, 1.82) is 5.26 Å². The van der Waals surface area contributed by atoms with Crippen LogP contribution in [0, 0.1) is 11.3 Å². The molecule has 1 N–H and O–H groups in total. The zero-order valence-corrected chi connectivity index (χ0v) is 18.0. The number of halogens is 2. The number of rotatable bonds is 5. The van der Waals surface area contributed by atoms with Gasteiger partial charge in [-0.25, -0.2) is 4.98 Å². The molecule has 4 aromatic rings. The van der Waals surface area contributed by atoms with Crippen LogP contribution in [0.3, 0.4) is 0 Å². The van der Waals surface area contributed by atoms with Crippen LogP contribution in [0.1, 0.15) is 5.01 Å². The van der Waals surface area contributed by atoms with Crippen LogP contribution in [0.25, 0.3) is 28.0 Å². The van der Waals surface area contributed by atoms with Crippen molar-refractivity contribution in [3.8, 4) is 28.5 Å². The Labute approximate surface area is 188 Å². The van der Waals surface area contributed by atoms with Gasteiger partial charge in [-0.1, -0.05) is 83.9 Å². The predicted molar refractivity (Wildman–Crippen MR) is 127 cm³/mol. The average molecular weight is 448 g/mol. The molecule has 146 valence electrons. The largest absolute Gasteiger partial charge is 0.359 e. The van der Waals surface area contributed by atoms with Gasteiger partial charge in [0, 0.05) is 17.1 Å². The highest BCUT2D eigenvalue weighted by molar-refractivity contribution is 7.11. The standard InChI is InChI=1S/C24H15Cl2N3S/c25-20-7-4-8-21(23(20)26)28-14-19(13-27)24-29-22(15-30-24)18-11-9-17(10-12-18)16-5-2-1-3-6-16/h1-12,14-15,28H. The maximum absolute atomic E-state index is 9.57. The minimum absolute atomic E-state index is 0.408. The van der Waals surface area contributed by atoms with Crippen molar-refractivity contribution in [2.24, 2.45) is 0 Å². The van der Waals surface area contributed by atoms with Crippen molar-refractivity contribution in [1.82, 2.24) is 4.98 Å².